The van der Waals surface area contributed by atoms with Crippen LogP contribution in [0.25, 0.3) is 0 Å². The minimum Gasteiger partial charge on any atom is -0.496 e. The van der Waals surface area contributed by atoms with E-state index in [0.717, 1.165) is 18.8 Å². The second kappa shape index (κ2) is 5.07. The lowest BCUT2D eigenvalue weighted by Crippen LogP contribution is -2.49. The smallest absolute Gasteiger partial charge is 0.124 e. The van der Waals surface area contributed by atoms with E-state index >= 15 is 0 Å². The van der Waals surface area contributed by atoms with Gasteiger partial charge in [-0.3, -0.25) is 0 Å². The molecule has 0 spiro atoms. The van der Waals surface area contributed by atoms with Gasteiger partial charge in [0.2, 0.25) is 0 Å². The fraction of sp³-hybridized carbons (Fsp3) is 0.571. The summed E-state index contributed by atoms with van der Waals surface area (Å²) in [4.78, 5) is 0. The van der Waals surface area contributed by atoms with Crippen molar-refractivity contribution in [3.05, 3.63) is 28.8 Å². The van der Waals surface area contributed by atoms with Gasteiger partial charge in [-0.25, -0.2) is 0 Å². The molecule has 0 aromatic heterocycles. The Balaban J connectivity index is 2.42. The fourth-order valence-electron chi connectivity index (χ4n) is 2.68. The lowest BCUT2D eigenvalue weighted by molar-refractivity contribution is 0.329. The summed E-state index contributed by atoms with van der Waals surface area (Å²) < 4.78 is 5.54. The highest BCUT2D eigenvalue weighted by atomic mass is 16.5. The second-order valence-corrected chi connectivity index (χ2v) is 4.87. The Morgan fingerprint density at radius 1 is 1.18 bits per heavy atom. The summed E-state index contributed by atoms with van der Waals surface area (Å²) in [6.07, 6.45) is 0. The average Bonchev–Trinajstić information content (AvgIpc) is 2.29. The van der Waals surface area contributed by atoms with Crippen LogP contribution in [0.5, 0.6) is 5.75 Å². The van der Waals surface area contributed by atoms with Gasteiger partial charge in [0.25, 0.3) is 0 Å². The lowest BCUT2D eigenvalue weighted by Gasteiger charge is -2.33. The van der Waals surface area contributed by atoms with Gasteiger partial charge in [-0.1, -0.05) is 6.07 Å². The van der Waals surface area contributed by atoms with Crippen LogP contribution in [0.15, 0.2) is 12.1 Å². The van der Waals surface area contributed by atoms with E-state index in [-0.39, 0.29) is 0 Å². The average molecular weight is 234 g/mol. The number of rotatable bonds is 2. The number of ether oxygens (including phenoxy) is 1. The molecular formula is C14H22N2O. The topological polar surface area (TPSA) is 33.3 Å². The first kappa shape index (κ1) is 12.4. The number of nitrogens with one attached hydrogen (secondary N) is 2. The third-order valence-electron chi connectivity index (χ3n) is 3.48. The number of piperazine rings is 1. The summed E-state index contributed by atoms with van der Waals surface area (Å²) in [5.41, 5.74) is 3.84. The van der Waals surface area contributed by atoms with Crippen molar-refractivity contribution >= 4 is 0 Å². The molecule has 1 aliphatic heterocycles. The highest BCUT2D eigenvalue weighted by Crippen LogP contribution is 2.32. The number of methoxy groups -OCH3 is 1. The van der Waals surface area contributed by atoms with Crippen LogP contribution in [0.1, 0.15) is 29.7 Å². The molecular weight excluding hydrogens is 212 g/mol. The Kier molecular flexibility index (Phi) is 3.69. The molecule has 1 saturated heterocycles. The Hall–Kier alpha value is -1.06. The number of hydrogen-bond donors (Lipinski definition) is 2. The minimum atomic E-state index is 0.333. The molecule has 0 saturated carbocycles. The monoisotopic (exact) mass is 234 g/mol. The highest BCUT2D eigenvalue weighted by molar-refractivity contribution is 5.45. The highest BCUT2D eigenvalue weighted by Gasteiger charge is 2.26. The molecule has 3 nitrogen and oxygen atoms in total. The van der Waals surface area contributed by atoms with Gasteiger partial charge in [-0.15, -0.1) is 0 Å². The fourth-order valence-corrected chi connectivity index (χ4v) is 2.68. The lowest BCUT2D eigenvalue weighted by atomic mass is 9.92. The second-order valence-electron chi connectivity index (χ2n) is 4.87. The number of hydrogen-bond acceptors (Lipinski definition) is 3. The van der Waals surface area contributed by atoms with Crippen LogP contribution in [0.3, 0.4) is 0 Å². The zero-order chi connectivity index (χ0) is 12.4. The van der Waals surface area contributed by atoms with Crippen molar-refractivity contribution in [3.8, 4) is 5.75 Å². The summed E-state index contributed by atoms with van der Waals surface area (Å²) >= 11 is 0. The molecule has 0 aliphatic carbocycles. The van der Waals surface area contributed by atoms with Crippen LogP contribution in [0, 0.1) is 13.8 Å². The quantitative estimate of drug-likeness (QED) is 0.820. The molecule has 17 heavy (non-hydrogen) atoms. The number of aryl methyl sites for hydroxylation is 2. The zero-order valence-electron chi connectivity index (χ0n) is 11.1. The Morgan fingerprint density at radius 3 is 2.53 bits per heavy atom. The van der Waals surface area contributed by atoms with Crippen molar-refractivity contribution < 1.29 is 4.74 Å². The summed E-state index contributed by atoms with van der Waals surface area (Å²) in [5, 5.41) is 7.08. The molecule has 94 valence electrons. The molecule has 1 heterocycles. The molecule has 3 heteroatoms. The van der Waals surface area contributed by atoms with E-state index in [1.165, 1.54) is 16.7 Å². The van der Waals surface area contributed by atoms with Crippen molar-refractivity contribution in [2.24, 2.45) is 0 Å². The summed E-state index contributed by atoms with van der Waals surface area (Å²) in [6, 6.07) is 5.10. The third-order valence-corrected chi connectivity index (χ3v) is 3.48. The van der Waals surface area contributed by atoms with Crippen molar-refractivity contribution in [2.45, 2.75) is 32.9 Å². The maximum atomic E-state index is 5.54. The van der Waals surface area contributed by atoms with Crippen LogP contribution in [-0.4, -0.2) is 26.2 Å². The zero-order valence-corrected chi connectivity index (χ0v) is 11.1. The van der Waals surface area contributed by atoms with Crippen LogP contribution < -0.4 is 15.4 Å². The largest absolute Gasteiger partial charge is 0.496 e. The molecule has 0 radical (unpaired) electrons. The van der Waals surface area contributed by atoms with E-state index in [9.17, 15) is 0 Å². The van der Waals surface area contributed by atoms with Crippen molar-refractivity contribution in [1.29, 1.82) is 0 Å². The van der Waals surface area contributed by atoms with E-state index in [1.807, 2.05) is 0 Å². The minimum absolute atomic E-state index is 0.333. The third kappa shape index (κ3) is 2.45. The van der Waals surface area contributed by atoms with Gasteiger partial charge in [-0.05, 0) is 38.0 Å². The van der Waals surface area contributed by atoms with E-state index < -0.39 is 0 Å². The van der Waals surface area contributed by atoms with Crippen LogP contribution in [0.2, 0.25) is 0 Å². The summed E-state index contributed by atoms with van der Waals surface area (Å²) in [5.74, 6) is 0.996. The van der Waals surface area contributed by atoms with E-state index in [4.69, 9.17) is 4.74 Å². The van der Waals surface area contributed by atoms with Gasteiger partial charge in [-0.2, -0.15) is 0 Å². The van der Waals surface area contributed by atoms with E-state index in [2.05, 4.69) is 43.5 Å². The normalized spacial score (nSPS) is 24.7. The number of benzene rings is 1. The SMILES string of the molecule is COc1cc(C)cc(C)c1C1NCCNC1C. The first-order chi connectivity index (χ1) is 8.13. The van der Waals surface area contributed by atoms with Gasteiger partial charge < -0.3 is 15.4 Å². The molecule has 2 atom stereocenters. The molecule has 0 bridgehead atoms. The molecule has 0 amide bonds. The molecule has 1 aromatic rings. The summed E-state index contributed by atoms with van der Waals surface area (Å²) in [7, 11) is 1.75. The maximum absolute atomic E-state index is 5.54. The van der Waals surface area contributed by atoms with Gasteiger partial charge in [0.05, 0.1) is 13.2 Å². The molecule has 2 rings (SSSR count). The van der Waals surface area contributed by atoms with Crippen molar-refractivity contribution in [1.82, 2.24) is 10.6 Å². The predicted octanol–water partition coefficient (Wildman–Crippen LogP) is 1.93. The maximum Gasteiger partial charge on any atom is 0.124 e. The molecule has 1 aliphatic rings. The molecule has 2 unspecified atom stereocenters. The summed E-state index contributed by atoms with van der Waals surface area (Å²) in [6.45, 7) is 8.52. The van der Waals surface area contributed by atoms with E-state index in [0.29, 0.717) is 12.1 Å². The Morgan fingerprint density at radius 2 is 1.88 bits per heavy atom. The first-order valence-electron chi connectivity index (χ1n) is 6.25. The molecule has 1 aromatic carbocycles. The predicted molar refractivity (Wildman–Crippen MR) is 70.7 cm³/mol. The Labute approximate surface area is 104 Å². The van der Waals surface area contributed by atoms with Crippen molar-refractivity contribution in [2.75, 3.05) is 20.2 Å². The van der Waals surface area contributed by atoms with E-state index in [1.54, 1.807) is 7.11 Å². The van der Waals surface area contributed by atoms with Crippen LogP contribution in [-0.2, 0) is 0 Å². The van der Waals surface area contributed by atoms with Gasteiger partial charge >= 0.3 is 0 Å². The van der Waals surface area contributed by atoms with Gasteiger partial charge in [0.15, 0.2) is 0 Å². The van der Waals surface area contributed by atoms with Gasteiger partial charge in [0, 0.05) is 24.7 Å². The first-order valence-corrected chi connectivity index (χ1v) is 6.25. The standard InChI is InChI=1S/C14H22N2O/c1-9-7-10(2)13(12(8-9)17-4)14-11(3)15-5-6-16-14/h7-8,11,14-16H,5-6H2,1-4H3. The van der Waals surface area contributed by atoms with Crippen LogP contribution >= 0.6 is 0 Å². The molecule has 1 fully saturated rings. The Bertz CT molecular complexity index is 403. The van der Waals surface area contributed by atoms with Crippen LogP contribution in [0.4, 0.5) is 0 Å². The molecule has 2 N–H and O–H groups in total. The van der Waals surface area contributed by atoms with Crippen molar-refractivity contribution in [3.63, 3.8) is 0 Å². The van der Waals surface area contributed by atoms with Gasteiger partial charge in [0.1, 0.15) is 5.75 Å².